The van der Waals surface area contributed by atoms with Crippen molar-refractivity contribution in [2.45, 2.75) is 43.7 Å². The van der Waals surface area contributed by atoms with E-state index in [-0.39, 0.29) is 11.6 Å². The molecule has 2 fully saturated rings. The van der Waals surface area contributed by atoms with E-state index in [9.17, 15) is 0 Å². The van der Waals surface area contributed by atoms with E-state index in [1.807, 2.05) is 0 Å². The van der Waals surface area contributed by atoms with Crippen LogP contribution < -0.4 is 5.73 Å². The summed E-state index contributed by atoms with van der Waals surface area (Å²) in [7, 11) is 0. The molecule has 0 aromatic carbocycles. The maximum absolute atomic E-state index is 6.42. The Morgan fingerprint density at radius 1 is 1.53 bits per heavy atom. The summed E-state index contributed by atoms with van der Waals surface area (Å²) in [5.74, 6) is 0.592. The maximum Gasteiger partial charge on any atom is 0.0686 e. The molecule has 0 amide bonds. The normalized spacial score (nSPS) is 28.9. The monoisotopic (exact) mass is 315 g/mol. The van der Waals surface area contributed by atoms with Gasteiger partial charge in [-0.1, -0.05) is 0 Å². The molecule has 2 unspecified atom stereocenters. The van der Waals surface area contributed by atoms with Crippen LogP contribution >= 0.6 is 27.3 Å². The largest absolute Gasteiger partial charge is 0.375 e. The Morgan fingerprint density at radius 3 is 2.94 bits per heavy atom. The van der Waals surface area contributed by atoms with Crippen LogP contribution in [0.3, 0.4) is 0 Å². The van der Waals surface area contributed by atoms with E-state index < -0.39 is 0 Å². The number of nitrogens with two attached hydrogens (primary N) is 1. The molecule has 1 aromatic heterocycles. The Morgan fingerprint density at radius 2 is 2.35 bits per heavy atom. The summed E-state index contributed by atoms with van der Waals surface area (Å²) in [6.45, 7) is 0.894. The topological polar surface area (TPSA) is 35.2 Å². The van der Waals surface area contributed by atoms with Crippen molar-refractivity contribution in [3.05, 3.63) is 20.8 Å². The Kier molecular flexibility index (Phi) is 3.32. The van der Waals surface area contributed by atoms with Crippen LogP contribution in [0.25, 0.3) is 0 Å². The number of halogens is 1. The summed E-state index contributed by atoms with van der Waals surface area (Å²) in [4.78, 5) is 1.30. The zero-order valence-electron chi connectivity index (χ0n) is 9.82. The maximum atomic E-state index is 6.42. The Balaban J connectivity index is 1.71. The molecule has 3 rings (SSSR count). The van der Waals surface area contributed by atoms with Gasteiger partial charge < -0.3 is 10.5 Å². The predicted molar refractivity (Wildman–Crippen MR) is 74.2 cm³/mol. The fraction of sp³-hybridized carbons (Fsp3) is 0.692. The molecule has 17 heavy (non-hydrogen) atoms. The summed E-state index contributed by atoms with van der Waals surface area (Å²) in [6.07, 6.45) is 6.07. The average molecular weight is 316 g/mol. The molecular weight excluding hydrogens is 298 g/mol. The molecule has 0 bridgehead atoms. The number of rotatable bonds is 2. The highest BCUT2D eigenvalue weighted by Crippen LogP contribution is 2.47. The minimum absolute atomic E-state index is 0.188. The third-order valence-corrected chi connectivity index (χ3v) is 6.01. The van der Waals surface area contributed by atoms with Gasteiger partial charge in [0.25, 0.3) is 0 Å². The summed E-state index contributed by atoms with van der Waals surface area (Å²) >= 11 is 5.27. The molecule has 1 spiro atoms. The van der Waals surface area contributed by atoms with Crippen molar-refractivity contribution in [2.24, 2.45) is 11.7 Å². The highest BCUT2D eigenvalue weighted by molar-refractivity contribution is 9.10. The predicted octanol–water partition coefficient (Wildman–Crippen LogP) is 3.86. The fourth-order valence-electron chi connectivity index (χ4n) is 3.03. The second kappa shape index (κ2) is 4.65. The van der Waals surface area contributed by atoms with Crippen molar-refractivity contribution < 1.29 is 4.74 Å². The Hall–Kier alpha value is 0.1000. The lowest BCUT2D eigenvalue weighted by molar-refractivity contribution is -0.146. The third-order valence-electron chi connectivity index (χ3n) is 4.22. The molecule has 2 atom stereocenters. The second-order valence-electron chi connectivity index (χ2n) is 5.33. The van der Waals surface area contributed by atoms with Gasteiger partial charge in [0.2, 0.25) is 0 Å². The molecule has 2 aliphatic rings. The van der Waals surface area contributed by atoms with Crippen molar-refractivity contribution >= 4 is 27.3 Å². The van der Waals surface area contributed by atoms with Crippen LogP contribution in [0.2, 0.25) is 0 Å². The van der Waals surface area contributed by atoms with Gasteiger partial charge in [-0.05, 0) is 60.0 Å². The van der Waals surface area contributed by atoms with Gasteiger partial charge >= 0.3 is 0 Å². The lowest BCUT2D eigenvalue weighted by atomic mass is 9.70. The minimum atomic E-state index is 0.188. The van der Waals surface area contributed by atoms with Crippen LogP contribution in [0.1, 0.15) is 43.0 Å². The fourth-order valence-corrected chi connectivity index (χ4v) is 4.57. The zero-order valence-corrected chi connectivity index (χ0v) is 12.2. The van der Waals surface area contributed by atoms with Crippen molar-refractivity contribution in [1.82, 2.24) is 0 Å². The molecule has 2 N–H and O–H groups in total. The van der Waals surface area contributed by atoms with Crippen molar-refractivity contribution in [3.8, 4) is 0 Å². The third kappa shape index (κ3) is 2.33. The molecule has 2 nitrogen and oxygen atoms in total. The highest BCUT2D eigenvalue weighted by Gasteiger charge is 2.44. The lowest BCUT2D eigenvalue weighted by Crippen LogP contribution is -2.47. The molecule has 1 aliphatic heterocycles. The van der Waals surface area contributed by atoms with Gasteiger partial charge in [0.1, 0.15) is 0 Å². The first-order valence-electron chi connectivity index (χ1n) is 6.32. The van der Waals surface area contributed by atoms with Gasteiger partial charge in [-0.3, -0.25) is 0 Å². The first-order chi connectivity index (χ1) is 8.19. The molecule has 1 aromatic rings. The molecule has 1 saturated carbocycles. The average Bonchev–Trinajstić information content (AvgIpc) is 2.73. The van der Waals surface area contributed by atoms with Crippen LogP contribution in [-0.2, 0) is 4.74 Å². The van der Waals surface area contributed by atoms with Crippen LogP contribution in [0.5, 0.6) is 0 Å². The number of hydrogen-bond donors (Lipinski definition) is 1. The van der Waals surface area contributed by atoms with Crippen LogP contribution in [0.15, 0.2) is 15.9 Å². The number of thiophene rings is 1. The first kappa shape index (κ1) is 12.2. The van der Waals surface area contributed by atoms with Crippen molar-refractivity contribution in [2.75, 3.05) is 6.61 Å². The summed E-state index contributed by atoms with van der Waals surface area (Å²) in [6, 6.07) is 2.35. The number of hydrogen-bond acceptors (Lipinski definition) is 3. The van der Waals surface area contributed by atoms with Crippen molar-refractivity contribution in [1.29, 1.82) is 0 Å². The van der Waals surface area contributed by atoms with Crippen molar-refractivity contribution in [3.63, 3.8) is 0 Å². The summed E-state index contributed by atoms with van der Waals surface area (Å²) in [5.41, 5.74) is 6.62. The SMILES string of the molecule is NC(c1cc(Br)cs1)C1CCOC2(CCC2)C1. The molecule has 1 aliphatic carbocycles. The standard InChI is InChI=1S/C13H18BrNOS/c14-10-6-11(17-8-10)12(15)9-2-5-16-13(7-9)3-1-4-13/h6,8-9,12H,1-5,7,15H2. The van der Waals surface area contributed by atoms with Gasteiger partial charge in [0, 0.05) is 27.4 Å². The van der Waals surface area contributed by atoms with Gasteiger partial charge in [-0.15, -0.1) is 11.3 Å². The van der Waals surface area contributed by atoms with E-state index >= 15 is 0 Å². The van der Waals surface area contributed by atoms with Crippen LogP contribution in [-0.4, -0.2) is 12.2 Å². The summed E-state index contributed by atoms with van der Waals surface area (Å²) < 4.78 is 7.11. The van der Waals surface area contributed by atoms with E-state index in [1.54, 1.807) is 11.3 Å². The van der Waals surface area contributed by atoms with E-state index in [0.29, 0.717) is 5.92 Å². The van der Waals surface area contributed by atoms with Gasteiger partial charge in [-0.25, -0.2) is 0 Å². The first-order valence-corrected chi connectivity index (χ1v) is 7.99. The summed E-state index contributed by atoms with van der Waals surface area (Å²) in [5, 5.41) is 2.12. The number of ether oxygens (including phenoxy) is 1. The second-order valence-corrected chi connectivity index (χ2v) is 7.19. The van der Waals surface area contributed by atoms with Crippen LogP contribution in [0.4, 0.5) is 0 Å². The lowest BCUT2D eigenvalue weighted by Gasteiger charge is -2.48. The molecule has 4 heteroatoms. The molecule has 2 heterocycles. The smallest absolute Gasteiger partial charge is 0.0686 e. The van der Waals surface area contributed by atoms with E-state index in [4.69, 9.17) is 10.5 Å². The van der Waals surface area contributed by atoms with Gasteiger partial charge in [0.15, 0.2) is 0 Å². The zero-order chi connectivity index (χ0) is 11.9. The Bertz CT molecular complexity index is 402. The Labute approximate surface area is 115 Å². The van der Waals surface area contributed by atoms with Crippen LogP contribution in [0, 0.1) is 5.92 Å². The molecular formula is C13H18BrNOS. The van der Waals surface area contributed by atoms with Gasteiger partial charge in [-0.2, -0.15) is 0 Å². The molecule has 94 valence electrons. The minimum Gasteiger partial charge on any atom is -0.375 e. The van der Waals surface area contributed by atoms with E-state index in [1.165, 1.54) is 24.1 Å². The quantitative estimate of drug-likeness (QED) is 0.899. The van der Waals surface area contributed by atoms with E-state index in [0.717, 1.165) is 23.9 Å². The highest BCUT2D eigenvalue weighted by atomic mass is 79.9. The van der Waals surface area contributed by atoms with E-state index in [2.05, 4.69) is 27.4 Å². The molecule has 0 radical (unpaired) electrons. The molecule has 1 saturated heterocycles. The van der Waals surface area contributed by atoms with Gasteiger partial charge in [0.05, 0.1) is 5.60 Å².